The molecule has 0 fully saturated rings. The number of likely N-dealkylation sites (N-methyl/N-ethyl adjacent to an activating group) is 1. The lowest BCUT2D eigenvalue weighted by molar-refractivity contribution is -0.125. The van der Waals surface area contributed by atoms with Crippen molar-refractivity contribution < 1.29 is 22.7 Å². The van der Waals surface area contributed by atoms with Gasteiger partial charge in [0, 0.05) is 19.7 Å². The van der Waals surface area contributed by atoms with E-state index in [1.807, 2.05) is 30.3 Å². The summed E-state index contributed by atoms with van der Waals surface area (Å²) in [6.45, 7) is 0.665. The van der Waals surface area contributed by atoms with Gasteiger partial charge < -0.3 is 9.64 Å². The molecule has 0 aliphatic carbocycles. The van der Waals surface area contributed by atoms with Gasteiger partial charge in [-0.15, -0.1) is 0 Å². The van der Waals surface area contributed by atoms with E-state index < -0.39 is 17.7 Å². The number of benzene rings is 2. The maximum absolute atomic E-state index is 13.3. The zero-order valence-corrected chi connectivity index (χ0v) is 14.4. The first-order valence-electron chi connectivity index (χ1n) is 8.15. The average molecular weight is 363 g/mol. The largest absolute Gasteiger partial charge is 0.494 e. The van der Waals surface area contributed by atoms with Gasteiger partial charge in [0.05, 0.1) is 12.2 Å². The first kappa shape index (κ1) is 19.6. The molecule has 2 aromatic rings. The molecule has 0 spiro atoms. The van der Waals surface area contributed by atoms with Crippen LogP contribution < -0.4 is 4.74 Å². The normalized spacial score (nSPS) is 11.9. The molecule has 0 atom stereocenters. The highest BCUT2D eigenvalue weighted by atomic mass is 19.4. The maximum atomic E-state index is 13.3. The lowest BCUT2D eigenvalue weighted by Crippen LogP contribution is -2.28. The van der Waals surface area contributed by atoms with Crippen molar-refractivity contribution in [2.75, 3.05) is 20.2 Å². The molecule has 0 aliphatic rings. The number of nitrogens with zero attached hydrogens (tertiary/aromatic N) is 1. The number of amides is 1. The Kier molecular flexibility index (Phi) is 6.83. The Labute approximate surface area is 150 Å². The van der Waals surface area contributed by atoms with E-state index in [0.717, 1.165) is 0 Å². The van der Waals surface area contributed by atoms with Crippen LogP contribution in [0.5, 0.6) is 5.75 Å². The molecule has 0 heterocycles. The van der Waals surface area contributed by atoms with E-state index in [-0.39, 0.29) is 5.56 Å². The molecular formula is C20H20F3NO2. The number of ether oxygens (including phenoxy) is 1. The molecule has 0 saturated carbocycles. The Morgan fingerprint density at radius 3 is 2.19 bits per heavy atom. The second kappa shape index (κ2) is 9.08. The summed E-state index contributed by atoms with van der Waals surface area (Å²) in [6.07, 6.45) is -3.45. The molecule has 1 amide bonds. The number of rotatable bonds is 7. The second-order valence-electron chi connectivity index (χ2n) is 5.70. The number of hydrogen-bond acceptors (Lipinski definition) is 2. The molecule has 0 unspecified atom stereocenters. The number of alkyl halides is 3. The van der Waals surface area contributed by atoms with Gasteiger partial charge in [0.15, 0.2) is 0 Å². The summed E-state index contributed by atoms with van der Waals surface area (Å²) in [5.41, 5.74) is -0.982. The summed E-state index contributed by atoms with van der Waals surface area (Å²) >= 11 is 0. The van der Waals surface area contributed by atoms with Gasteiger partial charge in [-0.25, -0.2) is 0 Å². The fourth-order valence-corrected chi connectivity index (χ4v) is 2.30. The molecule has 0 bridgehead atoms. The van der Waals surface area contributed by atoms with Crippen LogP contribution in [0.25, 0.3) is 5.57 Å². The molecule has 0 N–H and O–H groups in total. The Morgan fingerprint density at radius 1 is 1.04 bits per heavy atom. The van der Waals surface area contributed by atoms with Crippen molar-refractivity contribution in [3.63, 3.8) is 0 Å². The van der Waals surface area contributed by atoms with E-state index in [2.05, 4.69) is 0 Å². The highest BCUT2D eigenvalue weighted by Gasteiger charge is 2.35. The fraction of sp³-hybridized carbons (Fsp3) is 0.250. The zero-order valence-electron chi connectivity index (χ0n) is 14.4. The van der Waals surface area contributed by atoms with Crippen molar-refractivity contribution in [3.8, 4) is 5.75 Å². The van der Waals surface area contributed by atoms with E-state index in [1.165, 1.54) is 36.2 Å². The van der Waals surface area contributed by atoms with Crippen LogP contribution in [-0.2, 0) is 4.79 Å². The van der Waals surface area contributed by atoms with Crippen LogP contribution in [0.4, 0.5) is 13.2 Å². The maximum Gasteiger partial charge on any atom is 0.417 e. The van der Waals surface area contributed by atoms with E-state index in [1.54, 1.807) is 6.07 Å². The molecular weight excluding hydrogens is 343 g/mol. The van der Waals surface area contributed by atoms with Crippen molar-refractivity contribution in [3.05, 3.63) is 72.3 Å². The highest BCUT2D eigenvalue weighted by molar-refractivity contribution is 5.96. The lowest BCUT2D eigenvalue weighted by Gasteiger charge is -2.17. The standard InChI is InChI=1S/C20H20F3NO2/c1-24(13-8-14-26-17-11-6-3-7-12-17)19(25)15-18(20(21,22)23)16-9-4-2-5-10-16/h2-7,9-12,15H,8,13-14H2,1H3/b18-15-. The van der Waals surface area contributed by atoms with Gasteiger partial charge in [0.1, 0.15) is 5.75 Å². The van der Waals surface area contributed by atoms with Crippen LogP contribution in [-0.4, -0.2) is 37.2 Å². The first-order valence-corrected chi connectivity index (χ1v) is 8.15. The van der Waals surface area contributed by atoms with Gasteiger partial charge in [-0.1, -0.05) is 48.5 Å². The van der Waals surface area contributed by atoms with Crippen LogP contribution in [0.15, 0.2) is 66.7 Å². The molecule has 0 aliphatic heterocycles. The van der Waals surface area contributed by atoms with Crippen molar-refractivity contribution in [1.82, 2.24) is 4.90 Å². The monoisotopic (exact) mass is 363 g/mol. The van der Waals surface area contributed by atoms with Crippen molar-refractivity contribution >= 4 is 11.5 Å². The average Bonchev–Trinajstić information content (AvgIpc) is 2.63. The first-order chi connectivity index (χ1) is 12.4. The predicted octanol–water partition coefficient (Wildman–Crippen LogP) is 4.56. The van der Waals surface area contributed by atoms with E-state index in [9.17, 15) is 18.0 Å². The number of allylic oxidation sites excluding steroid dienone is 1. The fourth-order valence-electron chi connectivity index (χ4n) is 2.30. The summed E-state index contributed by atoms with van der Waals surface area (Å²) in [7, 11) is 1.47. The highest BCUT2D eigenvalue weighted by Crippen LogP contribution is 2.33. The summed E-state index contributed by atoms with van der Waals surface area (Å²) in [4.78, 5) is 13.4. The minimum Gasteiger partial charge on any atom is -0.494 e. The van der Waals surface area contributed by atoms with Gasteiger partial charge in [0.25, 0.3) is 0 Å². The van der Waals surface area contributed by atoms with E-state index in [4.69, 9.17) is 4.74 Å². The topological polar surface area (TPSA) is 29.5 Å². The van der Waals surface area contributed by atoms with Gasteiger partial charge in [-0.05, 0) is 24.1 Å². The Hall–Kier alpha value is -2.76. The molecule has 0 aromatic heterocycles. The van der Waals surface area contributed by atoms with Crippen molar-refractivity contribution in [2.24, 2.45) is 0 Å². The summed E-state index contributed by atoms with van der Waals surface area (Å²) in [6, 6.07) is 16.5. The smallest absolute Gasteiger partial charge is 0.417 e. The third-order valence-electron chi connectivity index (χ3n) is 3.68. The number of hydrogen-bond donors (Lipinski definition) is 0. The minimum atomic E-state index is -4.60. The molecule has 0 radical (unpaired) electrons. The number of carbonyl (C=O) groups is 1. The Bertz CT molecular complexity index is 728. The lowest BCUT2D eigenvalue weighted by atomic mass is 10.0. The van der Waals surface area contributed by atoms with Crippen LogP contribution in [0.3, 0.4) is 0 Å². The van der Waals surface area contributed by atoms with E-state index >= 15 is 0 Å². The molecule has 26 heavy (non-hydrogen) atoms. The molecule has 2 rings (SSSR count). The third kappa shape index (κ3) is 5.95. The van der Waals surface area contributed by atoms with Gasteiger partial charge in [0.2, 0.25) is 5.91 Å². The zero-order chi connectivity index (χ0) is 19.0. The summed E-state index contributed by atoms with van der Waals surface area (Å²) < 4.78 is 45.3. The predicted molar refractivity (Wildman–Crippen MR) is 94.7 cm³/mol. The van der Waals surface area contributed by atoms with Crippen LogP contribution in [0.2, 0.25) is 0 Å². The van der Waals surface area contributed by atoms with Crippen LogP contribution in [0, 0.1) is 0 Å². The third-order valence-corrected chi connectivity index (χ3v) is 3.68. The number of para-hydroxylation sites is 1. The second-order valence-corrected chi connectivity index (χ2v) is 5.70. The number of halogens is 3. The Morgan fingerprint density at radius 2 is 1.62 bits per heavy atom. The molecule has 2 aromatic carbocycles. The van der Waals surface area contributed by atoms with Crippen LogP contribution >= 0.6 is 0 Å². The minimum absolute atomic E-state index is 0.0332. The molecule has 3 nitrogen and oxygen atoms in total. The van der Waals surface area contributed by atoms with Gasteiger partial charge >= 0.3 is 6.18 Å². The van der Waals surface area contributed by atoms with Gasteiger partial charge in [-0.2, -0.15) is 13.2 Å². The van der Waals surface area contributed by atoms with Gasteiger partial charge in [-0.3, -0.25) is 4.79 Å². The van der Waals surface area contributed by atoms with Crippen molar-refractivity contribution in [1.29, 1.82) is 0 Å². The number of carbonyl (C=O) groups excluding carboxylic acids is 1. The quantitative estimate of drug-likeness (QED) is 0.533. The Balaban J connectivity index is 1.94. The SMILES string of the molecule is CN(CCCOc1ccccc1)C(=O)/C=C(/c1ccccc1)C(F)(F)F. The molecule has 6 heteroatoms. The van der Waals surface area contributed by atoms with Crippen molar-refractivity contribution in [2.45, 2.75) is 12.6 Å². The summed E-state index contributed by atoms with van der Waals surface area (Å²) in [5, 5.41) is 0. The van der Waals surface area contributed by atoms with Crippen LogP contribution in [0.1, 0.15) is 12.0 Å². The molecule has 0 saturated heterocycles. The summed E-state index contributed by atoms with van der Waals surface area (Å²) in [5.74, 6) is 0.0192. The molecule has 138 valence electrons. The van der Waals surface area contributed by atoms with E-state index in [0.29, 0.717) is 31.4 Å².